The number of nitrogens with one attached hydrogen (secondary N) is 2. The van der Waals surface area contributed by atoms with Gasteiger partial charge >= 0.3 is 0 Å². The number of aliphatic imine (C=N–C) groups is 1. The van der Waals surface area contributed by atoms with E-state index >= 15 is 0 Å². The number of halogens is 1. The van der Waals surface area contributed by atoms with Gasteiger partial charge in [0.1, 0.15) is 11.5 Å². The highest BCUT2D eigenvalue weighted by atomic mass is 127. The Bertz CT molecular complexity index is 677. The van der Waals surface area contributed by atoms with Crippen molar-refractivity contribution in [2.75, 3.05) is 33.5 Å². The normalized spacial score (nSPS) is 20.2. The van der Waals surface area contributed by atoms with Crippen LogP contribution in [0.25, 0.3) is 0 Å². The topological polar surface area (TPSA) is 73.3 Å². The van der Waals surface area contributed by atoms with Gasteiger partial charge in [-0.25, -0.2) is 4.99 Å². The van der Waals surface area contributed by atoms with Crippen LogP contribution in [0.3, 0.4) is 0 Å². The van der Waals surface area contributed by atoms with Crippen molar-refractivity contribution in [3.63, 3.8) is 0 Å². The van der Waals surface area contributed by atoms with Gasteiger partial charge in [-0.3, -0.25) is 0 Å². The number of rotatable bonds is 10. The van der Waals surface area contributed by atoms with Crippen LogP contribution in [0.1, 0.15) is 51.5 Å². The van der Waals surface area contributed by atoms with E-state index in [0.717, 1.165) is 55.4 Å². The zero-order chi connectivity index (χ0) is 21.2. The van der Waals surface area contributed by atoms with Crippen LogP contribution in [-0.4, -0.2) is 57.7 Å². The molecule has 1 aliphatic carbocycles. The summed E-state index contributed by atoms with van der Waals surface area (Å²) < 4.78 is 23.0. The van der Waals surface area contributed by atoms with E-state index in [9.17, 15) is 0 Å². The summed E-state index contributed by atoms with van der Waals surface area (Å²) >= 11 is 0. The van der Waals surface area contributed by atoms with Crippen LogP contribution in [0.5, 0.6) is 11.5 Å². The molecule has 2 fully saturated rings. The second kappa shape index (κ2) is 14.0. The van der Waals surface area contributed by atoms with Crippen molar-refractivity contribution in [3.8, 4) is 11.5 Å². The molecule has 1 saturated heterocycles. The van der Waals surface area contributed by atoms with E-state index in [1.807, 2.05) is 18.2 Å². The molecular weight excluding hydrogens is 509 g/mol. The monoisotopic (exact) mass is 547 g/mol. The zero-order valence-corrected chi connectivity index (χ0v) is 21.4. The second-order valence-electron chi connectivity index (χ2n) is 8.06. The molecule has 0 radical (unpaired) electrons. The maximum atomic E-state index is 6.30. The van der Waals surface area contributed by atoms with E-state index in [0.29, 0.717) is 25.9 Å². The van der Waals surface area contributed by atoms with Crippen molar-refractivity contribution in [3.05, 3.63) is 23.8 Å². The first-order valence-electron chi connectivity index (χ1n) is 11.3. The van der Waals surface area contributed by atoms with Gasteiger partial charge in [-0.05, 0) is 58.1 Å². The minimum Gasteiger partial charge on any atom is -0.497 e. The first kappa shape index (κ1) is 26.0. The average Bonchev–Trinajstić information content (AvgIpc) is 3.45. The van der Waals surface area contributed by atoms with Crippen LogP contribution in [0.15, 0.2) is 23.2 Å². The molecular formula is C23H38IN3O4. The summed E-state index contributed by atoms with van der Waals surface area (Å²) in [7, 11) is 1.68. The maximum absolute atomic E-state index is 6.30. The molecule has 8 heteroatoms. The van der Waals surface area contributed by atoms with E-state index < -0.39 is 0 Å². The fourth-order valence-corrected chi connectivity index (χ4v) is 3.77. The Morgan fingerprint density at radius 2 is 2.03 bits per heavy atom. The van der Waals surface area contributed by atoms with Crippen LogP contribution < -0.4 is 20.1 Å². The van der Waals surface area contributed by atoms with Crippen molar-refractivity contribution < 1.29 is 18.9 Å². The summed E-state index contributed by atoms with van der Waals surface area (Å²) in [5, 5.41) is 6.75. The fourth-order valence-electron chi connectivity index (χ4n) is 3.77. The summed E-state index contributed by atoms with van der Waals surface area (Å²) in [6, 6.07) is 6.13. The molecule has 7 nitrogen and oxygen atoms in total. The van der Waals surface area contributed by atoms with Gasteiger partial charge in [-0.15, -0.1) is 24.0 Å². The van der Waals surface area contributed by atoms with Crippen molar-refractivity contribution in [1.29, 1.82) is 0 Å². The Balaban J connectivity index is 0.00000341. The van der Waals surface area contributed by atoms with Crippen LogP contribution in [0.2, 0.25) is 0 Å². The Morgan fingerprint density at radius 3 is 2.71 bits per heavy atom. The highest BCUT2D eigenvalue weighted by molar-refractivity contribution is 14.0. The summed E-state index contributed by atoms with van der Waals surface area (Å²) in [5.74, 6) is 2.46. The summed E-state index contributed by atoms with van der Waals surface area (Å²) in [5.41, 5.74) is 1.06. The standard InChI is InChI=1S/C23H37N3O4.HI/c1-4-24-23(26-17(2)15-29-21-11-12-28-16-21)25-14-18-9-10-20(27-3)13-22(18)30-19-7-5-6-8-19;/h9-10,13,17,19,21H,4-8,11-12,14-16H2,1-3H3,(H2,24,25,26);1H. The third-order valence-electron chi connectivity index (χ3n) is 5.47. The molecule has 2 aliphatic rings. The molecule has 31 heavy (non-hydrogen) atoms. The Kier molecular flexibility index (Phi) is 11.7. The third kappa shape index (κ3) is 8.65. The second-order valence-corrected chi connectivity index (χ2v) is 8.06. The van der Waals surface area contributed by atoms with Crippen LogP contribution in [-0.2, 0) is 16.0 Å². The Labute approximate surface area is 203 Å². The smallest absolute Gasteiger partial charge is 0.191 e. The predicted octanol–water partition coefficient (Wildman–Crippen LogP) is 3.88. The average molecular weight is 547 g/mol. The summed E-state index contributed by atoms with van der Waals surface area (Å²) in [6.45, 7) is 7.61. The molecule has 3 rings (SSSR count). The van der Waals surface area contributed by atoms with Crippen molar-refractivity contribution in [2.45, 2.75) is 70.7 Å². The third-order valence-corrected chi connectivity index (χ3v) is 5.47. The van der Waals surface area contributed by atoms with Crippen molar-refractivity contribution in [1.82, 2.24) is 10.6 Å². The lowest BCUT2D eigenvalue weighted by Crippen LogP contribution is -2.44. The summed E-state index contributed by atoms with van der Waals surface area (Å²) in [6.07, 6.45) is 6.20. The van der Waals surface area contributed by atoms with Gasteiger partial charge in [0, 0.05) is 30.8 Å². The maximum Gasteiger partial charge on any atom is 0.191 e. The first-order chi connectivity index (χ1) is 14.7. The molecule has 1 aromatic carbocycles. The molecule has 0 aromatic heterocycles. The number of nitrogens with zero attached hydrogens (tertiary/aromatic N) is 1. The van der Waals surface area contributed by atoms with E-state index in [4.69, 9.17) is 23.9 Å². The van der Waals surface area contributed by atoms with Gasteiger partial charge < -0.3 is 29.6 Å². The summed E-state index contributed by atoms with van der Waals surface area (Å²) in [4.78, 5) is 4.79. The van der Waals surface area contributed by atoms with Crippen LogP contribution in [0.4, 0.5) is 0 Å². The highest BCUT2D eigenvalue weighted by Gasteiger charge is 2.19. The minimum absolute atomic E-state index is 0. The fraction of sp³-hybridized carbons (Fsp3) is 0.696. The zero-order valence-electron chi connectivity index (χ0n) is 19.0. The van der Waals surface area contributed by atoms with E-state index in [2.05, 4.69) is 24.5 Å². The Hall–Kier alpha value is -1.26. The Morgan fingerprint density at radius 1 is 1.23 bits per heavy atom. The molecule has 0 spiro atoms. The molecule has 1 aromatic rings. The van der Waals surface area contributed by atoms with Crippen molar-refractivity contribution in [2.24, 2.45) is 4.99 Å². The van der Waals surface area contributed by atoms with Gasteiger partial charge in [0.2, 0.25) is 0 Å². The number of methoxy groups -OCH3 is 1. The molecule has 0 amide bonds. The SMILES string of the molecule is CCNC(=NCc1ccc(OC)cc1OC1CCCC1)NC(C)COC1CCOC1.I. The highest BCUT2D eigenvalue weighted by Crippen LogP contribution is 2.30. The molecule has 176 valence electrons. The minimum atomic E-state index is 0. The number of hydrogen-bond donors (Lipinski definition) is 2. The molecule has 2 unspecified atom stereocenters. The van der Waals surface area contributed by atoms with Crippen LogP contribution in [0, 0.1) is 0 Å². The molecule has 2 N–H and O–H groups in total. The van der Waals surface area contributed by atoms with Crippen molar-refractivity contribution >= 4 is 29.9 Å². The van der Waals surface area contributed by atoms with E-state index in [1.54, 1.807) is 7.11 Å². The number of guanidine groups is 1. The van der Waals surface area contributed by atoms with E-state index in [-0.39, 0.29) is 36.1 Å². The molecule has 2 atom stereocenters. The lowest BCUT2D eigenvalue weighted by molar-refractivity contribution is 0.0347. The molecule has 1 heterocycles. The van der Waals surface area contributed by atoms with Gasteiger partial charge in [0.15, 0.2) is 5.96 Å². The lowest BCUT2D eigenvalue weighted by atomic mass is 10.2. The van der Waals surface area contributed by atoms with E-state index in [1.165, 1.54) is 12.8 Å². The van der Waals surface area contributed by atoms with Gasteiger partial charge in [-0.1, -0.05) is 0 Å². The molecule has 1 aliphatic heterocycles. The molecule has 1 saturated carbocycles. The van der Waals surface area contributed by atoms with Gasteiger partial charge in [0.05, 0.1) is 39.1 Å². The number of hydrogen-bond acceptors (Lipinski definition) is 5. The van der Waals surface area contributed by atoms with Gasteiger partial charge in [-0.2, -0.15) is 0 Å². The number of benzene rings is 1. The largest absolute Gasteiger partial charge is 0.497 e. The lowest BCUT2D eigenvalue weighted by Gasteiger charge is -2.20. The molecule has 0 bridgehead atoms. The van der Waals surface area contributed by atoms with Crippen LogP contribution >= 0.6 is 24.0 Å². The van der Waals surface area contributed by atoms with Gasteiger partial charge in [0.25, 0.3) is 0 Å². The quantitative estimate of drug-likeness (QED) is 0.263. The predicted molar refractivity (Wildman–Crippen MR) is 134 cm³/mol. The number of ether oxygens (including phenoxy) is 4. The first-order valence-corrected chi connectivity index (χ1v) is 11.3.